The van der Waals surface area contributed by atoms with E-state index < -0.39 is 15.1 Å². The molecule has 6 heteroatoms. The summed E-state index contributed by atoms with van der Waals surface area (Å²) >= 11 is 1.47. The molecule has 3 rings (SSSR count). The number of amides is 1. The molecule has 0 spiro atoms. The molecule has 0 N–H and O–H groups in total. The van der Waals surface area contributed by atoms with Crippen LogP contribution in [0.1, 0.15) is 38.0 Å². The van der Waals surface area contributed by atoms with Crippen molar-refractivity contribution in [2.75, 3.05) is 18.8 Å². The summed E-state index contributed by atoms with van der Waals surface area (Å²) in [6, 6.07) is 9.50. The largest absolute Gasteiger partial charge is 0.338 e. The van der Waals surface area contributed by atoms with Crippen molar-refractivity contribution in [2.45, 2.75) is 25.5 Å². The minimum absolute atomic E-state index is 0.0199. The average molecular weight is 364 g/mol. The van der Waals surface area contributed by atoms with Crippen molar-refractivity contribution < 1.29 is 13.2 Å². The first kappa shape index (κ1) is 17.2. The van der Waals surface area contributed by atoms with Crippen LogP contribution in [0.15, 0.2) is 35.7 Å². The minimum Gasteiger partial charge on any atom is -0.338 e. The predicted octanol–water partition coefficient (Wildman–Crippen LogP) is 3.37. The summed E-state index contributed by atoms with van der Waals surface area (Å²) in [5.74, 6) is -0.0598. The van der Waals surface area contributed by atoms with Crippen LogP contribution in [0.5, 0.6) is 0 Å². The van der Waals surface area contributed by atoms with Gasteiger partial charge in [0.25, 0.3) is 5.91 Å². The fourth-order valence-electron chi connectivity index (χ4n) is 3.22. The molecule has 1 aromatic carbocycles. The zero-order valence-electron chi connectivity index (χ0n) is 13.9. The molecule has 0 bridgehead atoms. The summed E-state index contributed by atoms with van der Waals surface area (Å²) < 4.78 is 25.2. The fourth-order valence-corrected chi connectivity index (χ4v) is 6.23. The van der Waals surface area contributed by atoms with Gasteiger partial charge in [-0.1, -0.05) is 23.3 Å². The number of hydrogen-bond donors (Lipinski definition) is 0. The van der Waals surface area contributed by atoms with Crippen molar-refractivity contribution in [2.24, 2.45) is 0 Å². The molecule has 1 saturated heterocycles. The lowest BCUT2D eigenvalue weighted by molar-refractivity contribution is 0.0766. The minimum atomic E-state index is -3.23. The van der Waals surface area contributed by atoms with E-state index >= 15 is 0 Å². The lowest BCUT2D eigenvalue weighted by Gasteiger charge is -2.20. The number of hydrogen-bond acceptors (Lipinski definition) is 4. The molecular formula is C18H21NO3S2. The van der Waals surface area contributed by atoms with E-state index in [9.17, 15) is 13.2 Å². The molecule has 4 nitrogen and oxygen atoms in total. The summed E-state index contributed by atoms with van der Waals surface area (Å²) in [6.07, 6.45) is 0.458. The van der Waals surface area contributed by atoms with Crippen molar-refractivity contribution in [3.05, 3.63) is 57.3 Å². The molecule has 0 radical (unpaired) electrons. The standard InChI is InChI=1S/C18H21NO3S2/c1-13-10-14(2)12-15(11-13)18(20)19-6-5-17(16-4-3-8-23-16)24(21,22)9-7-19/h3-4,8,10-12,17H,5-7,9H2,1-2H3. The van der Waals surface area contributed by atoms with Crippen LogP contribution in [0.4, 0.5) is 0 Å². The van der Waals surface area contributed by atoms with E-state index in [1.54, 1.807) is 4.90 Å². The van der Waals surface area contributed by atoms with Crippen molar-refractivity contribution in [3.63, 3.8) is 0 Å². The van der Waals surface area contributed by atoms with E-state index in [0.717, 1.165) is 16.0 Å². The van der Waals surface area contributed by atoms with Gasteiger partial charge in [-0.15, -0.1) is 11.3 Å². The summed E-state index contributed by atoms with van der Waals surface area (Å²) in [5, 5.41) is 1.41. The second-order valence-electron chi connectivity index (χ2n) is 6.33. The summed E-state index contributed by atoms with van der Waals surface area (Å²) in [4.78, 5) is 15.3. The van der Waals surface area contributed by atoms with Crippen molar-refractivity contribution in [1.82, 2.24) is 4.90 Å². The number of thiophene rings is 1. The second-order valence-corrected chi connectivity index (χ2v) is 9.61. The molecule has 2 heterocycles. The molecule has 0 saturated carbocycles. The lowest BCUT2D eigenvalue weighted by atomic mass is 10.1. The normalized spacial score (nSPS) is 20.6. The van der Waals surface area contributed by atoms with E-state index in [-0.39, 0.29) is 18.2 Å². The number of aryl methyl sites for hydroxylation is 2. The van der Waals surface area contributed by atoms with Gasteiger partial charge in [0.05, 0.1) is 11.0 Å². The van der Waals surface area contributed by atoms with Crippen LogP contribution in [0.3, 0.4) is 0 Å². The lowest BCUT2D eigenvalue weighted by Crippen LogP contribution is -2.33. The summed E-state index contributed by atoms with van der Waals surface area (Å²) in [5.41, 5.74) is 2.72. The Bertz CT molecular complexity index is 821. The van der Waals surface area contributed by atoms with E-state index in [4.69, 9.17) is 0 Å². The molecule has 1 aliphatic rings. The topological polar surface area (TPSA) is 54.5 Å². The van der Waals surface area contributed by atoms with Crippen LogP contribution in [-0.2, 0) is 9.84 Å². The monoisotopic (exact) mass is 363 g/mol. The molecule has 24 heavy (non-hydrogen) atoms. The summed E-state index contributed by atoms with van der Waals surface area (Å²) in [6.45, 7) is 4.65. The molecule has 1 amide bonds. The number of nitrogens with zero attached hydrogens (tertiary/aromatic N) is 1. The average Bonchev–Trinajstić information content (AvgIpc) is 2.97. The molecular weight excluding hydrogens is 342 g/mol. The van der Waals surface area contributed by atoms with Gasteiger partial charge in [0.15, 0.2) is 9.84 Å². The Labute approximate surface area is 147 Å². The molecule has 1 aromatic heterocycles. The van der Waals surface area contributed by atoms with Gasteiger partial charge < -0.3 is 4.90 Å². The third-order valence-corrected chi connectivity index (χ3v) is 7.60. The van der Waals surface area contributed by atoms with Gasteiger partial charge in [-0.3, -0.25) is 4.79 Å². The molecule has 1 atom stereocenters. The molecule has 128 valence electrons. The van der Waals surface area contributed by atoms with Gasteiger partial charge in [0, 0.05) is 23.5 Å². The molecule has 1 fully saturated rings. The number of rotatable bonds is 2. The maximum atomic E-state index is 12.8. The van der Waals surface area contributed by atoms with Gasteiger partial charge in [0.1, 0.15) is 0 Å². The Kier molecular flexibility index (Phi) is 4.78. The van der Waals surface area contributed by atoms with Gasteiger partial charge >= 0.3 is 0 Å². The first-order valence-corrected chi connectivity index (χ1v) is 10.6. The SMILES string of the molecule is Cc1cc(C)cc(C(=O)N2CCC(c3cccs3)S(=O)(=O)CC2)c1. The van der Waals surface area contributed by atoms with Crippen LogP contribution >= 0.6 is 11.3 Å². The van der Waals surface area contributed by atoms with Crippen LogP contribution in [-0.4, -0.2) is 38.1 Å². The quantitative estimate of drug-likeness (QED) is 0.822. The highest BCUT2D eigenvalue weighted by molar-refractivity contribution is 7.91. The van der Waals surface area contributed by atoms with Gasteiger partial charge in [-0.25, -0.2) is 8.42 Å². The third kappa shape index (κ3) is 3.54. The Balaban J connectivity index is 1.83. The zero-order chi connectivity index (χ0) is 17.3. The van der Waals surface area contributed by atoms with Gasteiger partial charge in [0.2, 0.25) is 0 Å². The van der Waals surface area contributed by atoms with Gasteiger partial charge in [-0.2, -0.15) is 0 Å². The Morgan fingerprint density at radius 2 is 1.88 bits per heavy atom. The fraction of sp³-hybridized carbons (Fsp3) is 0.389. The van der Waals surface area contributed by atoms with E-state index in [2.05, 4.69) is 0 Å². The van der Waals surface area contributed by atoms with Crippen LogP contribution in [0.2, 0.25) is 0 Å². The van der Waals surface area contributed by atoms with E-state index in [1.807, 2.05) is 49.6 Å². The van der Waals surface area contributed by atoms with Crippen LogP contribution < -0.4 is 0 Å². The second kappa shape index (κ2) is 6.69. The predicted molar refractivity (Wildman–Crippen MR) is 97.3 cm³/mol. The Morgan fingerprint density at radius 1 is 1.17 bits per heavy atom. The summed E-state index contributed by atoms with van der Waals surface area (Å²) in [7, 11) is -3.23. The van der Waals surface area contributed by atoms with Crippen molar-refractivity contribution in [3.8, 4) is 0 Å². The maximum absolute atomic E-state index is 12.8. The molecule has 1 aliphatic heterocycles. The number of sulfone groups is 1. The number of benzene rings is 1. The third-order valence-electron chi connectivity index (χ3n) is 4.36. The Hall–Kier alpha value is -1.66. The highest BCUT2D eigenvalue weighted by Gasteiger charge is 2.33. The number of carbonyl (C=O) groups excluding carboxylic acids is 1. The first-order chi connectivity index (χ1) is 11.4. The van der Waals surface area contributed by atoms with Crippen LogP contribution in [0, 0.1) is 13.8 Å². The van der Waals surface area contributed by atoms with Gasteiger partial charge in [-0.05, 0) is 43.8 Å². The highest BCUT2D eigenvalue weighted by atomic mass is 32.2. The maximum Gasteiger partial charge on any atom is 0.253 e. The highest BCUT2D eigenvalue weighted by Crippen LogP contribution is 2.32. The molecule has 2 aromatic rings. The Morgan fingerprint density at radius 3 is 2.50 bits per heavy atom. The first-order valence-electron chi connectivity index (χ1n) is 7.99. The van der Waals surface area contributed by atoms with Crippen molar-refractivity contribution >= 4 is 27.1 Å². The molecule has 1 unspecified atom stereocenters. The molecule has 0 aliphatic carbocycles. The van der Waals surface area contributed by atoms with Crippen LogP contribution in [0.25, 0.3) is 0 Å². The van der Waals surface area contributed by atoms with E-state index in [0.29, 0.717) is 18.5 Å². The number of carbonyl (C=O) groups is 1. The van der Waals surface area contributed by atoms with E-state index in [1.165, 1.54) is 11.3 Å². The zero-order valence-corrected chi connectivity index (χ0v) is 15.5. The smallest absolute Gasteiger partial charge is 0.253 e. The van der Waals surface area contributed by atoms with Crippen molar-refractivity contribution in [1.29, 1.82) is 0 Å².